The minimum Gasteiger partial charge on any atom is -0.478 e. The fourth-order valence-corrected chi connectivity index (χ4v) is 1.62. The average molecular weight is 314 g/mol. The molecule has 5 heteroatoms. The van der Waals surface area contributed by atoms with Gasteiger partial charge in [0.05, 0.1) is 11.3 Å². The molecule has 0 saturated heterocycles. The van der Waals surface area contributed by atoms with Crippen LogP contribution in [-0.2, 0) is 4.79 Å². The van der Waals surface area contributed by atoms with Crippen LogP contribution in [0.4, 0.5) is 5.69 Å². The van der Waals surface area contributed by atoms with E-state index in [1.807, 2.05) is 20.8 Å². The summed E-state index contributed by atoms with van der Waals surface area (Å²) in [6.07, 6.45) is 0.676. The molecular weight excluding hydrogens is 298 g/mol. The number of carbonyl (C=O) groups is 2. The van der Waals surface area contributed by atoms with Gasteiger partial charge >= 0.3 is 5.97 Å². The average Bonchev–Trinajstić information content (AvgIpc) is 2.28. The third-order valence-corrected chi connectivity index (χ3v) is 3.45. The molecule has 0 atom stereocenters. The van der Waals surface area contributed by atoms with Crippen LogP contribution in [-0.4, -0.2) is 17.0 Å². The number of amides is 1. The Labute approximate surface area is 115 Å². The molecule has 0 aliphatic carbocycles. The van der Waals surface area contributed by atoms with Gasteiger partial charge in [-0.2, -0.15) is 0 Å². The van der Waals surface area contributed by atoms with Gasteiger partial charge < -0.3 is 10.4 Å². The third-order valence-electron chi connectivity index (χ3n) is 2.96. The number of carbonyl (C=O) groups excluding carboxylic acids is 1. The van der Waals surface area contributed by atoms with Crippen LogP contribution in [0, 0.1) is 5.41 Å². The number of benzene rings is 1. The molecule has 0 aliphatic heterocycles. The largest absolute Gasteiger partial charge is 0.478 e. The van der Waals surface area contributed by atoms with Gasteiger partial charge in [0, 0.05) is 9.89 Å². The lowest BCUT2D eigenvalue weighted by atomic mass is 9.89. The Morgan fingerprint density at radius 1 is 1.39 bits per heavy atom. The highest BCUT2D eigenvalue weighted by Crippen LogP contribution is 2.26. The molecule has 0 spiro atoms. The highest BCUT2D eigenvalue weighted by atomic mass is 79.9. The van der Waals surface area contributed by atoms with Crippen LogP contribution in [0.25, 0.3) is 0 Å². The standard InChI is InChI=1S/C13H16BrNO3/c1-4-13(2,3)12(18)15-10-7-8(14)5-6-9(10)11(16)17/h5-7H,4H2,1-3H3,(H,15,18)(H,16,17). The van der Waals surface area contributed by atoms with Crippen molar-refractivity contribution in [2.75, 3.05) is 5.32 Å². The number of anilines is 1. The summed E-state index contributed by atoms with van der Waals surface area (Å²) in [5.74, 6) is -1.25. The zero-order chi connectivity index (χ0) is 13.9. The van der Waals surface area contributed by atoms with Crippen molar-refractivity contribution in [3.63, 3.8) is 0 Å². The third kappa shape index (κ3) is 3.32. The minimum atomic E-state index is -1.06. The molecule has 0 aliphatic rings. The molecule has 1 rings (SSSR count). The van der Waals surface area contributed by atoms with Crippen LogP contribution in [0.15, 0.2) is 22.7 Å². The molecule has 4 nitrogen and oxygen atoms in total. The number of halogens is 1. The molecule has 2 N–H and O–H groups in total. The second-order valence-corrected chi connectivity index (χ2v) is 5.60. The maximum atomic E-state index is 12.0. The maximum Gasteiger partial charge on any atom is 0.337 e. The van der Waals surface area contributed by atoms with Crippen LogP contribution < -0.4 is 5.32 Å². The van der Waals surface area contributed by atoms with Gasteiger partial charge in [0.1, 0.15) is 0 Å². The molecule has 0 aromatic heterocycles. The van der Waals surface area contributed by atoms with Gasteiger partial charge in [-0.25, -0.2) is 4.79 Å². The molecular formula is C13H16BrNO3. The Kier molecular flexibility index (Phi) is 4.51. The first kappa shape index (κ1) is 14.7. The summed E-state index contributed by atoms with van der Waals surface area (Å²) in [6, 6.07) is 4.68. The maximum absolute atomic E-state index is 12.0. The lowest BCUT2D eigenvalue weighted by Crippen LogP contribution is -2.30. The predicted molar refractivity (Wildman–Crippen MR) is 73.8 cm³/mol. The Morgan fingerprint density at radius 2 is 2.00 bits per heavy atom. The monoisotopic (exact) mass is 313 g/mol. The first-order chi connectivity index (χ1) is 8.27. The fourth-order valence-electron chi connectivity index (χ4n) is 1.26. The van der Waals surface area contributed by atoms with Crippen molar-refractivity contribution in [2.45, 2.75) is 27.2 Å². The Balaban J connectivity index is 3.07. The molecule has 0 unspecified atom stereocenters. The van der Waals surface area contributed by atoms with Gasteiger partial charge in [-0.15, -0.1) is 0 Å². The van der Waals surface area contributed by atoms with Crippen molar-refractivity contribution >= 4 is 33.5 Å². The van der Waals surface area contributed by atoms with E-state index in [0.717, 1.165) is 4.47 Å². The van der Waals surface area contributed by atoms with E-state index in [4.69, 9.17) is 5.11 Å². The molecule has 0 saturated carbocycles. The summed E-state index contributed by atoms with van der Waals surface area (Å²) >= 11 is 3.26. The molecule has 0 radical (unpaired) electrons. The highest BCUT2D eigenvalue weighted by molar-refractivity contribution is 9.10. The van der Waals surface area contributed by atoms with Crippen LogP contribution >= 0.6 is 15.9 Å². The number of nitrogens with one attached hydrogen (secondary N) is 1. The van der Waals surface area contributed by atoms with Gasteiger partial charge in [0.25, 0.3) is 0 Å². The zero-order valence-electron chi connectivity index (χ0n) is 10.6. The van der Waals surface area contributed by atoms with Gasteiger partial charge in [-0.05, 0) is 24.6 Å². The Morgan fingerprint density at radius 3 is 2.50 bits per heavy atom. The smallest absolute Gasteiger partial charge is 0.337 e. The molecule has 1 aromatic rings. The topological polar surface area (TPSA) is 66.4 Å². The van der Waals surface area contributed by atoms with E-state index in [2.05, 4.69) is 21.2 Å². The second-order valence-electron chi connectivity index (χ2n) is 4.69. The Hall–Kier alpha value is -1.36. The van der Waals surface area contributed by atoms with Gasteiger partial charge in [0.15, 0.2) is 0 Å². The van der Waals surface area contributed by atoms with Crippen molar-refractivity contribution in [1.29, 1.82) is 0 Å². The van der Waals surface area contributed by atoms with Crippen LogP contribution in [0.3, 0.4) is 0 Å². The first-order valence-corrected chi connectivity index (χ1v) is 6.41. The van der Waals surface area contributed by atoms with E-state index in [1.165, 1.54) is 6.07 Å². The lowest BCUT2D eigenvalue weighted by Gasteiger charge is -2.22. The van der Waals surface area contributed by atoms with E-state index in [9.17, 15) is 9.59 Å². The van der Waals surface area contributed by atoms with Crippen molar-refractivity contribution < 1.29 is 14.7 Å². The van der Waals surface area contributed by atoms with E-state index >= 15 is 0 Å². The number of carboxylic acids is 1. The number of hydrogen-bond donors (Lipinski definition) is 2. The molecule has 1 aromatic carbocycles. The van der Waals surface area contributed by atoms with Crippen LogP contribution in [0.5, 0.6) is 0 Å². The second kappa shape index (κ2) is 5.52. The molecule has 98 valence electrons. The Bertz CT molecular complexity index is 483. The summed E-state index contributed by atoms with van der Waals surface area (Å²) in [7, 11) is 0. The summed E-state index contributed by atoms with van der Waals surface area (Å²) in [6.45, 7) is 5.56. The molecule has 18 heavy (non-hydrogen) atoms. The quantitative estimate of drug-likeness (QED) is 0.893. The van der Waals surface area contributed by atoms with Crippen molar-refractivity contribution in [2.24, 2.45) is 5.41 Å². The predicted octanol–water partition coefficient (Wildman–Crippen LogP) is 3.52. The summed E-state index contributed by atoms with van der Waals surface area (Å²) in [4.78, 5) is 23.1. The van der Waals surface area contributed by atoms with Crippen molar-refractivity contribution in [3.8, 4) is 0 Å². The van der Waals surface area contributed by atoms with E-state index in [-0.39, 0.29) is 11.5 Å². The SMILES string of the molecule is CCC(C)(C)C(=O)Nc1cc(Br)ccc1C(=O)O. The van der Waals surface area contributed by atoms with E-state index in [0.29, 0.717) is 12.1 Å². The van der Waals surface area contributed by atoms with Crippen molar-refractivity contribution in [1.82, 2.24) is 0 Å². The molecule has 0 fully saturated rings. The minimum absolute atomic E-state index is 0.0819. The zero-order valence-corrected chi connectivity index (χ0v) is 12.2. The molecule has 1 amide bonds. The van der Waals surface area contributed by atoms with Crippen LogP contribution in [0.1, 0.15) is 37.6 Å². The van der Waals surface area contributed by atoms with Gasteiger partial charge in [0.2, 0.25) is 5.91 Å². The van der Waals surface area contributed by atoms with Crippen LogP contribution in [0.2, 0.25) is 0 Å². The fraction of sp³-hybridized carbons (Fsp3) is 0.385. The van der Waals surface area contributed by atoms with E-state index < -0.39 is 11.4 Å². The summed E-state index contributed by atoms with van der Waals surface area (Å²) in [5, 5.41) is 11.7. The lowest BCUT2D eigenvalue weighted by molar-refractivity contribution is -0.124. The van der Waals surface area contributed by atoms with Gasteiger partial charge in [-0.3, -0.25) is 4.79 Å². The van der Waals surface area contributed by atoms with Gasteiger partial charge in [-0.1, -0.05) is 36.7 Å². The molecule has 0 heterocycles. The highest BCUT2D eigenvalue weighted by Gasteiger charge is 2.26. The first-order valence-electron chi connectivity index (χ1n) is 5.62. The van der Waals surface area contributed by atoms with E-state index in [1.54, 1.807) is 12.1 Å². The summed E-state index contributed by atoms with van der Waals surface area (Å²) < 4.78 is 0.720. The number of hydrogen-bond acceptors (Lipinski definition) is 2. The normalized spacial score (nSPS) is 11.1. The number of carboxylic acid groups (broad SMARTS) is 1. The summed E-state index contributed by atoms with van der Waals surface area (Å²) in [5.41, 5.74) is -0.139. The van der Waals surface area contributed by atoms with Crippen molar-refractivity contribution in [3.05, 3.63) is 28.2 Å². The number of rotatable bonds is 4. The number of aromatic carboxylic acids is 1. The molecule has 0 bridgehead atoms.